The molecule has 2 aliphatic heterocycles. The van der Waals surface area contributed by atoms with Gasteiger partial charge in [-0.15, -0.1) is 11.3 Å². The molecule has 1 saturated heterocycles. The van der Waals surface area contributed by atoms with E-state index in [0.29, 0.717) is 18.7 Å². The van der Waals surface area contributed by atoms with Gasteiger partial charge in [0.25, 0.3) is 5.91 Å². The van der Waals surface area contributed by atoms with Crippen LogP contribution in [0.5, 0.6) is 0 Å². The average Bonchev–Trinajstić information content (AvgIpc) is 3.38. The van der Waals surface area contributed by atoms with Crippen molar-refractivity contribution in [1.29, 1.82) is 0 Å². The van der Waals surface area contributed by atoms with Gasteiger partial charge in [-0.05, 0) is 29.1 Å². The quantitative estimate of drug-likeness (QED) is 0.877. The lowest BCUT2D eigenvalue weighted by Crippen LogP contribution is -2.36. The summed E-state index contributed by atoms with van der Waals surface area (Å²) in [6.07, 6.45) is 1.40. The number of thiophene rings is 1. The third-order valence-corrected chi connectivity index (χ3v) is 5.68. The number of rotatable bonds is 5. The van der Waals surface area contributed by atoms with Crippen LogP contribution >= 0.6 is 11.3 Å². The maximum Gasteiger partial charge on any atom is 0.269 e. The Bertz CT molecular complexity index is 807. The molecular formula is C19H20FN3O2S. The van der Waals surface area contributed by atoms with E-state index < -0.39 is 0 Å². The predicted molar refractivity (Wildman–Crippen MR) is 98.3 cm³/mol. The van der Waals surface area contributed by atoms with Crippen LogP contribution in [-0.4, -0.2) is 35.2 Å². The van der Waals surface area contributed by atoms with Gasteiger partial charge in [0.15, 0.2) is 5.60 Å². The largest absolute Gasteiger partial charge is 0.387 e. The number of carbonyl (C=O) groups excluding carboxylic acids is 1. The third kappa shape index (κ3) is 3.78. The van der Waals surface area contributed by atoms with Crippen molar-refractivity contribution in [3.05, 3.63) is 58.0 Å². The summed E-state index contributed by atoms with van der Waals surface area (Å²) in [5, 5.41) is 8.96. The maximum absolute atomic E-state index is 12.9. The molecule has 2 aliphatic rings. The van der Waals surface area contributed by atoms with E-state index in [9.17, 15) is 9.18 Å². The Morgan fingerprint density at radius 2 is 2.19 bits per heavy atom. The van der Waals surface area contributed by atoms with Crippen molar-refractivity contribution >= 4 is 23.0 Å². The normalized spacial score (nSPS) is 22.4. The summed E-state index contributed by atoms with van der Waals surface area (Å²) >= 11 is 1.75. The van der Waals surface area contributed by atoms with Crippen LogP contribution in [0.1, 0.15) is 23.3 Å². The number of hydrogen-bond acceptors (Lipinski definition) is 5. The molecule has 1 N–H and O–H groups in total. The minimum Gasteiger partial charge on any atom is -0.387 e. The Morgan fingerprint density at radius 3 is 2.96 bits per heavy atom. The van der Waals surface area contributed by atoms with Gasteiger partial charge < -0.3 is 10.2 Å². The zero-order valence-electron chi connectivity index (χ0n) is 14.3. The van der Waals surface area contributed by atoms with Crippen LogP contribution in [0.4, 0.5) is 4.39 Å². The number of hydrogen-bond donors (Lipinski definition) is 1. The Morgan fingerprint density at radius 1 is 1.35 bits per heavy atom. The summed E-state index contributed by atoms with van der Waals surface area (Å²) in [7, 11) is 0. The molecule has 0 radical (unpaired) electrons. The number of halogens is 1. The first-order valence-electron chi connectivity index (χ1n) is 8.64. The molecule has 1 spiro atoms. The molecule has 1 aromatic carbocycles. The number of nitrogens with one attached hydrogen (secondary N) is 1. The van der Waals surface area contributed by atoms with Crippen LogP contribution in [0.2, 0.25) is 0 Å². The fourth-order valence-electron chi connectivity index (χ4n) is 3.43. The molecule has 1 atom stereocenters. The first-order valence-corrected chi connectivity index (χ1v) is 9.52. The molecule has 1 fully saturated rings. The monoisotopic (exact) mass is 373 g/mol. The molecule has 26 heavy (non-hydrogen) atoms. The first kappa shape index (κ1) is 17.2. The molecule has 1 amide bonds. The smallest absolute Gasteiger partial charge is 0.269 e. The van der Waals surface area contributed by atoms with E-state index in [1.807, 2.05) is 0 Å². The Labute approximate surface area is 155 Å². The highest BCUT2D eigenvalue weighted by molar-refractivity contribution is 7.09. The standard InChI is InChI=1S/C19H20FN3O2S/c20-15-5-3-14(4-6-15)11-21-18(24)17-10-19(25-22-17)7-8-23(13-19)12-16-2-1-9-26-16/h1-6,9H,7-8,10-13H2,(H,21,24). The van der Waals surface area contributed by atoms with Gasteiger partial charge in [0.2, 0.25) is 0 Å². The van der Waals surface area contributed by atoms with E-state index in [2.05, 4.69) is 32.9 Å². The van der Waals surface area contributed by atoms with E-state index in [0.717, 1.165) is 31.6 Å². The van der Waals surface area contributed by atoms with Crippen molar-refractivity contribution < 1.29 is 14.0 Å². The van der Waals surface area contributed by atoms with Gasteiger partial charge in [0.05, 0.1) is 0 Å². The highest BCUT2D eigenvalue weighted by Gasteiger charge is 2.46. The molecule has 0 saturated carbocycles. The van der Waals surface area contributed by atoms with Crippen molar-refractivity contribution in [2.45, 2.75) is 31.5 Å². The van der Waals surface area contributed by atoms with Crippen LogP contribution < -0.4 is 5.32 Å². The minimum absolute atomic E-state index is 0.220. The number of oxime groups is 1. The van der Waals surface area contributed by atoms with Crippen molar-refractivity contribution in [1.82, 2.24) is 10.2 Å². The average molecular weight is 373 g/mol. The van der Waals surface area contributed by atoms with Gasteiger partial charge >= 0.3 is 0 Å². The molecule has 136 valence electrons. The molecular weight excluding hydrogens is 353 g/mol. The molecule has 1 unspecified atom stereocenters. The summed E-state index contributed by atoms with van der Waals surface area (Å²) in [5.41, 5.74) is 0.904. The fraction of sp³-hybridized carbons (Fsp3) is 0.368. The first-order chi connectivity index (χ1) is 12.6. The number of amides is 1. The van der Waals surface area contributed by atoms with Gasteiger partial charge in [0, 0.05) is 43.9 Å². The van der Waals surface area contributed by atoms with Gasteiger partial charge in [0.1, 0.15) is 11.5 Å². The van der Waals surface area contributed by atoms with Crippen LogP contribution in [0.3, 0.4) is 0 Å². The van der Waals surface area contributed by atoms with Crippen molar-refractivity contribution in [2.75, 3.05) is 13.1 Å². The lowest BCUT2D eigenvalue weighted by molar-refractivity contribution is -0.115. The second kappa shape index (κ2) is 7.17. The fourth-order valence-corrected chi connectivity index (χ4v) is 4.18. The second-order valence-corrected chi connectivity index (χ2v) is 7.87. The molecule has 4 rings (SSSR count). The third-order valence-electron chi connectivity index (χ3n) is 4.82. The van der Waals surface area contributed by atoms with E-state index >= 15 is 0 Å². The number of nitrogens with zero attached hydrogens (tertiary/aromatic N) is 2. The molecule has 5 nitrogen and oxygen atoms in total. The molecule has 7 heteroatoms. The molecule has 1 aromatic heterocycles. The Kier molecular flexibility index (Phi) is 4.74. The summed E-state index contributed by atoms with van der Waals surface area (Å²) < 4.78 is 12.9. The number of likely N-dealkylation sites (tertiary alicyclic amines) is 1. The van der Waals surface area contributed by atoms with Crippen molar-refractivity contribution in [3.8, 4) is 0 Å². The van der Waals surface area contributed by atoms with Gasteiger partial charge in [-0.2, -0.15) is 0 Å². The summed E-state index contributed by atoms with van der Waals surface area (Å²) in [6.45, 7) is 2.98. The lowest BCUT2D eigenvalue weighted by atomic mass is 9.96. The Balaban J connectivity index is 1.29. The van der Waals surface area contributed by atoms with Crippen LogP contribution in [-0.2, 0) is 22.7 Å². The minimum atomic E-state index is -0.375. The lowest BCUT2D eigenvalue weighted by Gasteiger charge is -2.21. The predicted octanol–water partition coefficient (Wildman–Crippen LogP) is 2.92. The van der Waals surface area contributed by atoms with Crippen molar-refractivity contribution in [3.63, 3.8) is 0 Å². The van der Waals surface area contributed by atoms with E-state index in [1.54, 1.807) is 23.5 Å². The SMILES string of the molecule is O=C(NCc1ccc(F)cc1)C1=NOC2(CCN(Cc3cccs3)C2)C1. The molecule has 3 heterocycles. The highest BCUT2D eigenvalue weighted by Crippen LogP contribution is 2.34. The van der Waals surface area contributed by atoms with Crippen LogP contribution in [0, 0.1) is 5.82 Å². The topological polar surface area (TPSA) is 53.9 Å². The zero-order valence-corrected chi connectivity index (χ0v) is 15.1. The zero-order chi connectivity index (χ0) is 18.0. The van der Waals surface area contributed by atoms with E-state index in [1.165, 1.54) is 17.0 Å². The second-order valence-electron chi connectivity index (χ2n) is 6.84. The van der Waals surface area contributed by atoms with Crippen LogP contribution in [0.15, 0.2) is 46.9 Å². The summed E-state index contributed by atoms with van der Waals surface area (Å²) in [4.78, 5) is 21.7. The molecule has 0 aliphatic carbocycles. The Hall–Kier alpha value is -2.25. The molecule has 2 aromatic rings. The van der Waals surface area contributed by atoms with Gasteiger partial charge in [-0.25, -0.2) is 4.39 Å². The van der Waals surface area contributed by atoms with Gasteiger partial charge in [-0.1, -0.05) is 23.4 Å². The summed E-state index contributed by atoms with van der Waals surface area (Å²) in [6, 6.07) is 10.3. The highest BCUT2D eigenvalue weighted by atomic mass is 32.1. The number of benzene rings is 1. The maximum atomic E-state index is 12.9. The van der Waals surface area contributed by atoms with E-state index in [4.69, 9.17) is 4.84 Å². The van der Waals surface area contributed by atoms with E-state index in [-0.39, 0.29) is 17.3 Å². The summed E-state index contributed by atoms with van der Waals surface area (Å²) in [5.74, 6) is -0.508. The number of carbonyl (C=O) groups is 1. The van der Waals surface area contributed by atoms with Crippen LogP contribution in [0.25, 0.3) is 0 Å². The molecule has 0 bridgehead atoms. The van der Waals surface area contributed by atoms with Crippen molar-refractivity contribution in [2.24, 2.45) is 5.16 Å². The van der Waals surface area contributed by atoms with Gasteiger partial charge in [-0.3, -0.25) is 9.69 Å².